The largest absolute Gasteiger partial charge is 0.490 e. The van der Waals surface area contributed by atoms with Crippen LogP contribution in [0.4, 0.5) is 10.2 Å². The third-order valence-corrected chi connectivity index (χ3v) is 10.2. The van der Waals surface area contributed by atoms with Crippen molar-refractivity contribution in [3.8, 4) is 17.4 Å². The van der Waals surface area contributed by atoms with Crippen molar-refractivity contribution in [3.63, 3.8) is 0 Å². The topological polar surface area (TPSA) is 96.8 Å². The summed E-state index contributed by atoms with van der Waals surface area (Å²) in [5, 5.41) is 8.17. The number of pyridine rings is 1. The second-order valence-corrected chi connectivity index (χ2v) is 13.8. The Morgan fingerprint density at radius 1 is 1.06 bits per heavy atom. The van der Waals surface area contributed by atoms with Crippen LogP contribution in [0.5, 0.6) is 17.4 Å². The molecular formula is C38H44FN7O3. The van der Waals surface area contributed by atoms with Crippen LogP contribution in [-0.4, -0.2) is 74.2 Å². The molecule has 1 atom stereocenters. The van der Waals surface area contributed by atoms with Gasteiger partial charge >= 0.3 is 0 Å². The van der Waals surface area contributed by atoms with Gasteiger partial charge in [0.1, 0.15) is 29.7 Å². The third kappa shape index (κ3) is 6.56. The van der Waals surface area contributed by atoms with Gasteiger partial charge in [-0.15, -0.1) is 10.2 Å². The number of fused-ring (bicyclic) bond motifs is 1. The van der Waals surface area contributed by atoms with Crippen molar-refractivity contribution in [2.45, 2.75) is 78.1 Å². The van der Waals surface area contributed by atoms with Crippen LogP contribution in [0, 0.1) is 11.2 Å². The standard InChI is InChI=1S/C38H44FN7O3/c1-5-31-34-30(15-17-44(31)21-26-10-8-7-9-11-26)40-16-14-33(34)48-28-19-38(20-28)22-45(23-38)35-36(43-42-24-41-35)49-32-13-12-27(39)18-29(32)37(47)46(6-2)25(3)4/h7-14,16,18,24-25,28,31H,5-6,15,17,19-23H2,1-4H3. The van der Waals surface area contributed by atoms with Crippen molar-refractivity contribution in [2.75, 3.05) is 31.1 Å². The van der Waals surface area contributed by atoms with Crippen LogP contribution in [0.2, 0.25) is 0 Å². The summed E-state index contributed by atoms with van der Waals surface area (Å²) >= 11 is 0. The summed E-state index contributed by atoms with van der Waals surface area (Å²) in [5.41, 5.74) is 3.97. The average Bonchev–Trinajstić information content (AvgIpc) is 3.07. The first-order valence-corrected chi connectivity index (χ1v) is 17.4. The van der Waals surface area contributed by atoms with Crippen LogP contribution in [0.1, 0.15) is 80.2 Å². The van der Waals surface area contributed by atoms with E-state index in [1.54, 1.807) is 4.90 Å². The SMILES string of the molecule is CCC1c2c(OC3CC4(C3)CN(c3ncnnc3Oc3ccc(F)cc3C(=O)N(CC)C(C)C)C4)ccnc2CCN1Cc1ccccc1. The van der Waals surface area contributed by atoms with Crippen LogP contribution in [-0.2, 0) is 13.0 Å². The summed E-state index contributed by atoms with van der Waals surface area (Å²) < 4.78 is 27.2. The molecule has 3 aliphatic rings. The molecule has 1 aliphatic carbocycles. The first-order valence-electron chi connectivity index (χ1n) is 17.4. The molecule has 0 radical (unpaired) electrons. The van der Waals surface area contributed by atoms with Crippen LogP contribution in [0.3, 0.4) is 0 Å². The quantitative estimate of drug-likeness (QED) is 0.175. The number of carbonyl (C=O) groups excluding carboxylic acids is 1. The fourth-order valence-electron chi connectivity index (χ4n) is 7.85. The molecule has 1 saturated heterocycles. The Hall–Kier alpha value is -4.64. The number of rotatable bonds is 11. The third-order valence-electron chi connectivity index (χ3n) is 10.2. The van der Waals surface area contributed by atoms with Crippen molar-refractivity contribution in [2.24, 2.45) is 5.41 Å². The minimum absolute atomic E-state index is 0.0543. The molecule has 7 rings (SSSR count). The van der Waals surface area contributed by atoms with Crippen LogP contribution in [0.15, 0.2) is 67.1 Å². The van der Waals surface area contributed by atoms with Gasteiger partial charge in [-0.25, -0.2) is 9.37 Å². The lowest BCUT2D eigenvalue weighted by molar-refractivity contribution is -0.0358. The Morgan fingerprint density at radius 3 is 2.59 bits per heavy atom. The van der Waals surface area contributed by atoms with E-state index in [1.165, 1.54) is 35.7 Å². The maximum atomic E-state index is 14.3. The number of benzene rings is 2. The second-order valence-electron chi connectivity index (χ2n) is 13.8. The maximum absolute atomic E-state index is 14.3. The molecule has 2 aromatic carbocycles. The Kier molecular flexibility index (Phi) is 9.19. The van der Waals surface area contributed by atoms with Crippen LogP contribution >= 0.6 is 0 Å². The maximum Gasteiger partial charge on any atom is 0.282 e. The molecule has 11 heteroatoms. The minimum atomic E-state index is -0.513. The smallest absolute Gasteiger partial charge is 0.282 e. The molecule has 256 valence electrons. The number of anilines is 1. The zero-order chi connectivity index (χ0) is 34.1. The van der Waals surface area contributed by atoms with Gasteiger partial charge < -0.3 is 19.3 Å². The highest BCUT2D eigenvalue weighted by molar-refractivity contribution is 5.97. The van der Waals surface area contributed by atoms with Gasteiger partial charge in [-0.05, 0) is 69.9 Å². The second kappa shape index (κ2) is 13.7. The normalized spacial score (nSPS) is 18.5. The Labute approximate surface area is 287 Å². The van der Waals surface area contributed by atoms with E-state index in [9.17, 15) is 9.18 Å². The Morgan fingerprint density at radius 2 is 1.86 bits per heavy atom. The van der Waals surface area contributed by atoms with E-state index in [2.05, 4.69) is 62.2 Å². The van der Waals surface area contributed by atoms with Gasteiger partial charge in [0, 0.05) is 68.4 Å². The van der Waals surface area contributed by atoms with Crippen LogP contribution < -0.4 is 14.4 Å². The molecule has 1 amide bonds. The fraction of sp³-hybridized carbons (Fsp3) is 0.447. The highest BCUT2D eigenvalue weighted by Gasteiger charge is 2.54. The number of aromatic nitrogens is 4. The Bertz CT molecular complexity index is 1790. The molecule has 10 nitrogen and oxygen atoms in total. The summed E-state index contributed by atoms with van der Waals surface area (Å²) in [4.78, 5) is 29.0. The molecule has 4 aromatic rings. The molecule has 49 heavy (non-hydrogen) atoms. The number of ether oxygens (including phenoxy) is 2. The van der Waals surface area contributed by atoms with E-state index < -0.39 is 5.82 Å². The average molecular weight is 666 g/mol. The number of hydrogen-bond donors (Lipinski definition) is 0. The van der Waals surface area contributed by atoms with Gasteiger partial charge in [0.05, 0.1) is 11.3 Å². The van der Waals surface area contributed by atoms with E-state index in [4.69, 9.17) is 14.5 Å². The molecule has 4 heterocycles. The lowest BCUT2D eigenvalue weighted by Gasteiger charge is -2.58. The van der Waals surface area contributed by atoms with E-state index in [0.717, 1.165) is 63.3 Å². The van der Waals surface area contributed by atoms with Gasteiger partial charge in [-0.2, -0.15) is 0 Å². The number of halogens is 1. The highest BCUT2D eigenvalue weighted by atomic mass is 19.1. The zero-order valence-electron chi connectivity index (χ0n) is 28.7. The van der Waals surface area contributed by atoms with Crippen molar-refractivity contribution in [1.29, 1.82) is 0 Å². The Balaban J connectivity index is 1.01. The first-order chi connectivity index (χ1) is 23.8. The molecule has 0 N–H and O–H groups in total. The molecule has 1 unspecified atom stereocenters. The number of hydrogen-bond acceptors (Lipinski definition) is 9. The van der Waals surface area contributed by atoms with Crippen molar-refractivity contribution in [3.05, 3.63) is 95.3 Å². The zero-order valence-corrected chi connectivity index (χ0v) is 28.7. The van der Waals surface area contributed by atoms with Gasteiger partial charge in [0.2, 0.25) is 0 Å². The van der Waals surface area contributed by atoms with Gasteiger partial charge in [-0.3, -0.25) is 14.7 Å². The summed E-state index contributed by atoms with van der Waals surface area (Å²) in [5.74, 6) is 1.10. The van der Waals surface area contributed by atoms with Crippen molar-refractivity contribution in [1.82, 2.24) is 30.0 Å². The van der Waals surface area contributed by atoms with Gasteiger partial charge in [-0.1, -0.05) is 37.3 Å². The number of carbonyl (C=O) groups is 1. The van der Waals surface area contributed by atoms with E-state index >= 15 is 0 Å². The predicted octanol–water partition coefficient (Wildman–Crippen LogP) is 6.63. The van der Waals surface area contributed by atoms with Gasteiger partial charge in [0.15, 0.2) is 5.82 Å². The minimum Gasteiger partial charge on any atom is -0.490 e. The molecule has 2 aliphatic heterocycles. The molecule has 1 spiro atoms. The predicted molar refractivity (Wildman–Crippen MR) is 184 cm³/mol. The summed E-state index contributed by atoms with van der Waals surface area (Å²) in [7, 11) is 0. The lowest BCUT2D eigenvalue weighted by atomic mass is 9.61. The lowest BCUT2D eigenvalue weighted by Crippen LogP contribution is -2.65. The van der Waals surface area contributed by atoms with Crippen LogP contribution in [0.25, 0.3) is 0 Å². The van der Waals surface area contributed by atoms with E-state index in [0.29, 0.717) is 12.4 Å². The summed E-state index contributed by atoms with van der Waals surface area (Å²) in [6.07, 6.45) is 7.21. The summed E-state index contributed by atoms with van der Waals surface area (Å²) in [6.45, 7) is 11.9. The van der Waals surface area contributed by atoms with Crippen molar-refractivity contribution < 1.29 is 18.7 Å². The molecule has 0 bridgehead atoms. The molecule has 2 aromatic heterocycles. The van der Waals surface area contributed by atoms with Crippen molar-refractivity contribution >= 4 is 11.7 Å². The fourth-order valence-corrected chi connectivity index (χ4v) is 7.85. The number of amides is 1. The highest BCUT2D eigenvalue weighted by Crippen LogP contribution is 2.52. The molecule has 1 saturated carbocycles. The first kappa shape index (κ1) is 32.9. The monoisotopic (exact) mass is 665 g/mol. The number of nitrogens with zero attached hydrogens (tertiary/aromatic N) is 7. The summed E-state index contributed by atoms with van der Waals surface area (Å²) in [6, 6.07) is 16.9. The van der Waals surface area contributed by atoms with Gasteiger partial charge in [0.25, 0.3) is 11.8 Å². The van der Waals surface area contributed by atoms with E-state index in [1.807, 2.05) is 33.0 Å². The van der Waals surface area contributed by atoms with E-state index in [-0.39, 0.29) is 46.7 Å². The molecular weight excluding hydrogens is 621 g/mol. The molecule has 2 fully saturated rings.